The third-order valence-electron chi connectivity index (χ3n) is 2.94. The first-order valence-corrected chi connectivity index (χ1v) is 7.33. The second-order valence-corrected chi connectivity index (χ2v) is 6.76. The number of nitrogens with zero attached hydrogens (tertiary/aromatic N) is 1. The summed E-state index contributed by atoms with van der Waals surface area (Å²) in [6.07, 6.45) is -4.91. The van der Waals surface area contributed by atoms with Crippen molar-refractivity contribution in [3.05, 3.63) is 20.8 Å². The van der Waals surface area contributed by atoms with Crippen LogP contribution in [0.4, 0.5) is 13.2 Å². The van der Waals surface area contributed by atoms with E-state index in [2.05, 4.69) is 21.2 Å². The minimum absolute atomic E-state index is 0. The molecule has 1 aromatic heterocycles. The maximum atomic E-state index is 12.7. The topological polar surface area (TPSA) is 15.3 Å². The molecule has 1 aliphatic heterocycles. The zero-order valence-corrected chi connectivity index (χ0v) is 14.5. The summed E-state index contributed by atoms with van der Waals surface area (Å²) in [7, 11) is 0. The molecular weight excluding hydrogens is 400 g/mol. The Kier molecular flexibility index (Phi) is 9.01. The second-order valence-electron chi connectivity index (χ2n) is 4.26. The SMILES string of the molecule is Cl.Cl.FC(F)(F)C[C@H](c1ccc(Br)s1)N1CCNCC1. The summed E-state index contributed by atoms with van der Waals surface area (Å²) >= 11 is 4.70. The highest BCUT2D eigenvalue weighted by Crippen LogP contribution is 2.38. The van der Waals surface area contributed by atoms with Gasteiger partial charge in [0, 0.05) is 31.1 Å². The summed E-state index contributed by atoms with van der Waals surface area (Å²) in [5, 5.41) is 3.16. The number of nitrogens with one attached hydrogen (secondary N) is 1. The van der Waals surface area contributed by atoms with E-state index in [0.29, 0.717) is 13.1 Å². The molecule has 0 spiro atoms. The molecule has 0 saturated carbocycles. The van der Waals surface area contributed by atoms with Crippen LogP contribution in [-0.4, -0.2) is 37.3 Å². The van der Waals surface area contributed by atoms with Gasteiger partial charge in [-0.3, -0.25) is 4.90 Å². The summed E-state index contributed by atoms with van der Waals surface area (Å²) in [4.78, 5) is 2.70. The maximum Gasteiger partial charge on any atom is 0.390 e. The Balaban J connectivity index is 0.00000180. The number of alkyl halides is 3. The number of halogens is 6. The molecule has 1 aliphatic rings. The molecule has 1 aromatic rings. The van der Waals surface area contributed by atoms with Gasteiger partial charge in [-0.1, -0.05) is 0 Å². The third kappa shape index (κ3) is 6.07. The number of rotatable bonds is 3. The van der Waals surface area contributed by atoms with Crippen molar-refractivity contribution in [2.75, 3.05) is 26.2 Å². The van der Waals surface area contributed by atoms with E-state index in [1.54, 1.807) is 6.07 Å². The Morgan fingerprint density at radius 2 is 1.85 bits per heavy atom. The first-order valence-electron chi connectivity index (χ1n) is 5.72. The van der Waals surface area contributed by atoms with Crippen LogP contribution in [0.15, 0.2) is 15.9 Å². The fraction of sp³-hybridized carbons (Fsp3) is 0.636. The minimum atomic E-state index is -4.13. The van der Waals surface area contributed by atoms with Gasteiger partial charge in [0.25, 0.3) is 0 Å². The Labute approximate surface area is 141 Å². The van der Waals surface area contributed by atoms with Crippen LogP contribution in [0.1, 0.15) is 17.3 Å². The maximum absolute atomic E-state index is 12.7. The molecule has 9 heteroatoms. The lowest BCUT2D eigenvalue weighted by atomic mass is 10.1. The van der Waals surface area contributed by atoms with Crippen LogP contribution in [0, 0.1) is 0 Å². The van der Waals surface area contributed by atoms with Crippen molar-refractivity contribution < 1.29 is 13.2 Å². The molecular formula is C11H16BrCl2F3N2S. The normalized spacial score (nSPS) is 18.0. The van der Waals surface area contributed by atoms with Gasteiger partial charge >= 0.3 is 6.18 Å². The number of piperazine rings is 1. The van der Waals surface area contributed by atoms with E-state index < -0.39 is 18.6 Å². The molecule has 0 aliphatic carbocycles. The Bertz CT molecular complexity index is 397. The van der Waals surface area contributed by atoms with Gasteiger partial charge in [0.2, 0.25) is 0 Å². The highest BCUT2D eigenvalue weighted by Gasteiger charge is 2.36. The Morgan fingerprint density at radius 1 is 1.25 bits per heavy atom. The Morgan fingerprint density at radius 3 is 2.30 bits per heavy atom. The smallest absolute Gasteiger partial charge is 0.314 e. The summed E-state index contributed by atoms with van der Waals surface area (Å²) in [5.41, 5.74) is 0. The van der Waals surface area contributed by atoms with Gasteiger partial charge in [-0.15, -0.1) is 36.2 Å². The van der Waals surface area contributed by atoms with E-state index in [4.69, 9.17) is 0 Å². The quantitative estimate of drug-likeness (QED) is 0.793. The van der Waals surface area contributed by atoms with Gasteiger partial charge in [-0.05, 0) is 28.1 Å². The molecule has 0 unspecified atom stereocenters. The lowest BCUT2D eigenvalue weighted by Crippen LogP contribution is -2.45. The molecule has 2 nitrogen and oxygen atoms in total. The molecule has 118 valence electrons. The minimum Gasteiger partial charge on any atom is -0.314 e. The zero-order chi connectivity index (χ0) is 13.2. The predicted molar refractivity (Wildman–Crippen MR) is 84.4 cm³/mol. The molecule has 1 fully saturated rings. The highest BCUT2D eigenvalue weighted by atomic mass is 79.9. The van der Waals surface area contributed by atoms with Crippen molar-refractivity contribution in [2.45, 2.75) is 18.6 Å². The molecule has 2 rings (SSSR count). The van der Waals surface area contributed by atoms with Crippen LogP contribution in [0.3, 0.4) is 0 Å². The van der Waals surface area contributed by atoms with Crippen molar-refractivity contribution in [3.63, 3.8) is 0 Å². The van der Waals surface area contributed by atoms with Crippen molar-refractivity contribution in [3.8, 4) is 0 Å². The van der Waals surface area contributed by atoms with Gasteiger partial charge in [0.1, 0.15) is 0 Å². The third-order valence-corrected chi connectivity index (χ3v) is 4.66. The summed E-state index contributed by atoms with van der Waals surface area (Å²) < 4.78 is 39.0. The van der Waals surface area contributed by atoms with E-state index in [1.807, 2.05) is 11.0 Å². The standard InChI is InChI=1S/C11H14BrF3N2S.2ClH/c12-10-2-1-9(18-10)8(7-11(13,14)15)17-5-3-16-4-6-17;;/h1-2,8,16H,3-7H2;2*1H/t8-;;/m1../s1. The van der Waals surface area contributed by atoms with Crippen molar-refractivity contribution in [1.82, 2.24) is 10.2 Å². The van der Waals surface area contributed by atoms with Crippen LogP contribution in [0.25, 0.3) is 0 Å². The monoisotopic (exact) mass is 414 g/mol. The molecule has 1 N–H and O–H groups in total. The van der Waals surface area contributed by atoms with Crippen molar-refractivity contribution in [2.24, 2.45) is 0 Å². The van der Waals surface area contributed by atoms with Crippen LogP contribution in [0.5, 0.6) is 0 Å². The lowest BCUT2D eigenvalue weighted by Gasteiger charge is -2.34. The van der Waals surface area contributed by atoms with Gasteiger partial charge in [0.15, 0.2) is 0 Å². The Hall–Kier alpha value is 0.470. The predicted octanol–water partition coefficient (Wildman–Crippen LogP) is 4.25. The average molecular weight is 416 g/mol. The van der Waals surface area contributed by atoms with Crippen LogP contribution < -0.4 is 5.32 Å². The molecule has 1 atom stereocenters. The van der Waals surface area contributed by atoms with Gasteiger partial charge in [-0.2, -0.15) is 13.2 Å². The fourth-order valence-electron chi connectivity index (χ4n) is 2.13. The van der Waals surface area contributed by atoms with E-state index >= 15 is 0 Å². The zero-order valence-electron chi connectivity index (χ0n) is 10.5. The van der Waals surface area contributed by atoms with Crippen molar-refractivity contribution in [1.29, 1.82) is 0 Å². The highest BCUT2D eigenvalue weighted by molar-refractivity contribution is 9.11. The van der Waals surface area contributed by atoms with Crippen molar-refractivity contribution >= 4 is 52.1 Å². The second kappa shape index (κ2) is 8.80. The summed E-state index contributed by atoms with van der Waals surface area (Å²) in [6, 6.07) is 3.04. The first-order chi connectivity index (χ1) is 8.46. The number of thiophene rings is 1. The molecule has 0 amide bonds. The largest absolute Gasteiger partial charge is 0.390 e. The molecule has 20 heavy (non-hydrogen) atoms. The van der Waals surface area contributed by atoms with E-state index in [0.717, 1.165) is 21.8 Å². The van der Waals surface area contributed by atoms with Gasteiger partial charge in [-0.25, -0.2) is 0 Å². The fourth-order valence-corrected chi connectivity index (χ4v) is 3.69. The van der Waals surface area contributed by atoms with Gasteiger partial charge in [0.05, 0.1) is 16.2 Å². The number of hydrogen-bond donors (Lipinski definition) is 1. The van der Waals surface area contributed by atoms with Crippen LogP contribution in [0.2, 0.25) is 0 Å². The van der Waals surface area contributed by atoms with E-state index in [-0.39, 0.29) is 24.8 Å². The molecule has 0 aromatic carbocycles. The molecule has 2 heterocycles. The molecule has 0 bridgehead atoms. The van der Waals surface area contributed by atoms with E-state index in [1.165, 1.54) is 11.3 Å². The summed E-state index contributed by atoms with van der Waals surface area (Å²) in [6.45, 7) is 2.83. The average Bonchev–Trinajstić information content (AvgIpc) is 2.73. The molecule has 0 radical (unpaired) electrons. The number of hydrogen-bond acceptors (Lipinski definition) is 3. The summed E-state index contributed by atoms with van der Waals surface area (Å²) in [5.74, 6) is 0. The lowest BCUT2D eigenvalue weighted by molar-refractivity contribution is -0.148. The first kappa shape index (κ1) is 20.5. The van der Waals surface area contributed by atoms with Gasteiger partial charge < -0.3 is 5.32 Å². The molecule has 1 saturated heterocycles. The van der Waals surface area contributed by atoms with Crippen LogP contribution >= 0.6 is 52.1 Å². The van der Waals surface area contributed by atoms with E-state index in [9.17, 15) is 13.2 Å². The van der Waals surface area contributed by atoms with Crippen LogP contribution in [-0.2, 0) is 0 Å².